The summed E-state index contributed by atoms with van der Waals surface area (Å²) >= 11 is 2.53. The summed E-state index contributed by atoms with van der Waals surface area (Å²) < 4.78 is 2.54. The van der Waals surface area contributed by atoms with Gasteiger partial charge in [0, 0.05) is 44.2 Å². The molecule has 0 radical (unpaired) electrons. The smallest absolute Gasteiger partial charge is 0.213 e. The summed E-state index contributed by atoms with van der Waals surface area (Å²) in [6, 6.07) is 17.4. The van der Waals surface area contributed by atoms with Crippen LogP contribution in [0.3, 0.4) is 0 Å². The zero-order chi connectivity index (χ0) is 38.9. The van der Waals surface area contributed by atoms with E-state index in [1.807, 2.05) is 107 Å². The zero-order valence-corrected chi connectivity index (χ0v) is 33.8. The number of aromatic hydroxyl groups is 6. The van der Waals surface area contributed by atoms with Gasteiger partial charge >= 0.3 is 0 Å². The SMILES string of the molecule is CC(C)(C)c1cc(Sc2cc(O)n(-c3ccccc3-n3c(O)cc(Sc4cc(C(C)(C)C)c(O)c(C(C)(C)C)c4)c3O)c2O)cc(C(C)(C)C)c1O. The minimum Gasteiger partial charge on any atom is -0.507 e. The van der Waals surface area contributed by atoms with Crippen LogP contribution in [0.1, 0.15) is 105 Å². The molecule has 0 aliphatic carbocycles. The second-order valence-corrected chi connectivity index (χ2v) is 19.7. The minimum absolute atomic E-state index is 0.230. The van der Waals surface area contributed by atoms with E-state index < -0.39 is 0 Å². The van der Waals surface area contributed by atoms with Crippen LogP contribution in [0, 0.1) is 0 Å². The van der Waals surface area contributed by atoms with E-state index in [4.69, 9.17) is 0 Å². The van der Waals surface area contributed by atoms with E-state index in [0.717, 1.165) is 32.0 Å². The van der Waals surface area contributed by atoms with Gasteiger partial charge in [0.05, 0.1) is 21.2 Å². The lowest BCUT2D eigenvalue weighted by atomic mass is 9.79. The first-order valence-corrected chi connectivity index (χ1v) is 18.9. The molecule has 6 N–H and O–H groups in total. The molecule has 52 heavy (non-hydrogen) atoms. The van der Waals surface area contributed by atoms with Crippen molar-refractivity contribution in [1.29, 1.82) is 0 Å². The van der Waals surface area contributed by atoms with Crippen molar-refractivity contribution in [3.63, 3.8) is 0 Å². The maximum absolute atomic E-state index is 11.6. The van der Waals surface area contributed by atoms with E-state index in [-0.39, 0.29) is 56.7 Å². The Labute approximate surface area is 315 Å². The van der Waals surface area contributed by atoms with Crippen LogP contribution in [-0.4, -0.2) is 39.8 Å². The van der Waals surface area contributed by atoms with Gasteiger partial charge in [-0.05, 0) is 58.1 Å². The van der Waals surface area contributed by atoms with Crippen molar-refractivity contribution >= 4 is 23.5 Å². The summed E-state index contributed by atoms with van der Waals surface area (Å²) in [4.78, 5) is 2.33. The number of phenolic OH excluding ortho intramolecular Hbond substituents is 2. The summed E-state index contributed by atoms with van der Waals surface area (Å²) in [5.74, 6) is -0.443. The van der Waals surface area contributed by atoms with Crippen LogP contribution in [0.15, 0.2) is 80.2 Å². The molecule has 0 saturated carbocycles. The third-order valence-corrected chi connectivity index (χ3v) is 11.0. The molecule has 2 heterocycles. The van der Waals surface area contributed by atoms with Gasteiger partial charge in [0.15, 0.2) is 11.8 Å². The first-order chi connectivity index (χ1) is 23.8. The van der Waals surface area contributed by atoms with Gasteiger partial charge in [-0.3, -0.25) is 0 Å². The molecule has 0 fully saturated rings. The zero-order valence-electron chi connectivity index (χ0n) is 32.2. The molecule has 0 unspecified atom stereocenters. The van der Waals surface area contributed by atoms with E-state index >= 15 is 0 Å². The number of hydrogen-bond donors (Lipinski definition) is 6. The molecule has 0 spiro atoms. The van der Waals surface area contributed by atoms with Gasteiger partial charge in [0.25, 0.3) is 0 Å². The molecule has 0 atom stereocenters. The van der Waals surface area contributed by atoms with Gasteiger partial charge < -0.3 is 30.6 Å². The summed E-state index contributed by atoms with van der Waals surface area (Å²) in [6.07, 6.45) is 0. The van der Waals surface area contributed by atoms with Crippen molar-refractivity contribution in [3.8, 4) is 46.4 Å². The molecule has 10 heteroatoms. The van der Waals surface area contributed by atoms with Gasteiger partial charge in [-0.25, -0.2) is 9.13 Å². The minimum atomic E-state index is -0.348. The first kappa shape index (κ1) is 38.9. The fourth-order valence-electron chi connectivity index (χ4n) is 6.27. The molecule has 278 valence electrons. The largest absolute Gasteiger partial charge is 0.507 e. The van der Waals surface area contributed by atoms with Crippen molar-refractivity contribution in [3.05, 3.63) is 82.9 Å². The van der Waals surface area contributed by atoms with Crippen molar-refractivity contribution in [1.82, 2.24) is 9.13 Å². The van der Waals surface area contributed by atoms with Crippen molar-refractivity contribution < 1.29 is 30.6 Å². The van der Waals surface area contributed by atoms with Crippen LogP contribution >= 0.6 is 23.5 Å². The molecule has 5 rings (SSSR count). The molecule has 0 saturated heterocycles. The molecule has 0 amide bonds. The Bertz CT molecular complexity index is 1930. The molecule has 0 bridgehead atoms. The molecular weight excluding hydrogens is 693 g/mol. The summed E-state index contributed by atoms with van der Waals surface area (Å²) in [7, 11) is 0. The summed E-state index contributed by atoms with van der Waals surface area (Å²) in [5.41, 5.74) is 2.35. The van der Waals surface area contributed by atoms with Crippen LogP contribution in [0.2, 0.25) is 0 Å². The summed E-state index contributed by atoms with van der Waals surface area (Å²) in [5, 5.41) is 68.2. The number of nitrogens with zero attached hydrogens (tertiary/aromatic N) is 2. The number of phenols is 2. The van der Waals surface area contributed by atoms with Gasteiger partial charge in [-0.2, -0.15) is 0 Å². The van der Waals surface area contributed by atoms with Crippen LogP contribution < -0.4 is 0 Å². The van der Waals surface area contributed by atoms with Crippen LogP contribution in [0.4, 0.5) is 0 Å². The van der Waals surface area contributed by atoms with E-state index in [1.54, 1.807) is 24.3 Å². The van der Waals surface area contributed by atoms with Crippen LogP contribution in [0.25, 0.3) is 11.4 Å². The fourth-order valence-corrected chi connectivity index (χ4v) is 8.18. The number of hydrogen-bond acceptors (Lipinski definition) is 8. The Hall–Kier alpha value is -4.28. The van der Waals surface area contributed by atoms with Gasteiger partial charge in [-0.1, -0.05) is 119 Å². The highest BCUT2D eigenvalue weighted by Crippen LogP contribution is 2.49. The molecular formula is C42H52N2O6S2. The highest BCUT2D eigenvalue weighted by Gasteiger charge is 2.30. The van der Waals surface area contributed by atoms with Gasteiger partial charge in [0.2, 0.25) is 11.8 Å². The predicted octanol–water partition coefficient (Wildman–Crippen LogP) is 11.0. The van der Waals surface area contributed by atoms with Crippen LogP contribution in [-0.2, 0) is 21.7 Å². The third kappa shape index (κ3) is 7.46. The third-order valence-electron chi connectivity index (χ3n) is 9.06. The van der Waals surface area contributed by atoms with E-state index in [0.29, 0.717) is 21.2 Å². The lowest BCUT2D eigenvalue weighted by molar-refractivity contribution is 0.390. The Morgan fingerprint density at radius 3 is 0.942 bits per heavy atom. The summed E-state index contributed by atoms with van der Waals surface area (Å²) in [6.45, 7) is 24.4. The average Bonchev–Trinajstić information content (AvgIpc) is 3.43. The quantitative estimate of drug-likeness (QED) is 0.101. The maximum Gasteiger partial charge on any atom is 0.213 e. The van der Waals surface area contributed by atoms with Crippen molar-refractivity contribution in [2.45, 2.75) is 124 Å². The Kier molecular flexibility index (Phi) is 9.95. The highest BCUT2D eigenvalue weighted by molar-refractivity contribution is 7.99. The van der Waals surface area contributed by atoms with Crippen molar-refractivity contribution in [2.24, 2.45) is 0 Å². The average molecular weight is 745 g/mol. The Morgan fingerprint density at radius 1 is 0.423 bits per heavy atom. The van der Waals surface area contributed by atoms with Crippen LogP contribution in [0.5, 0.6) is 35.0 Å². The normalized spacial score (nSPS) is 12.8. The number of benzene rings is 3. The molecule has 0 aliphatic rings. The maximum atomic E-state index is 11.6. The Balaban J connectivity index is 1.58. The van der Waals surface area contributed by atoms with E-state index in [9.17, 15) is 30.6 Å². The molecule has 5 aromatic rings. The first-order valence-electron chi connectivity index (χ1n) is 17.3. The van der Waals surface area contributed by atoms with E-state index in [2.05, 4.69) is 0 Å². The predicted molar refractivity (Wildman–Crippen MR) is 211 cm³/mol. The van der Waals surface area contributed by atoms with Gasteiger partial charge in [0.1, 0.15) is 11.5 Å². The Morgan fingerprint density at radius 2 is 0.692 bits per heavy atom. The monoisotopic (exact) mass is 744 g/mol. The lowest BCUT2D eigenvalue weighted by Gasteiger charge is -2.28. The molecule has 3 aromatic carbocycles. The molecule has 8 nitrogen and oxygen atoms in total. The fraction of sp³-hybridized carbons (Fsp3) is 0.381. The highest BCUT2D eigenvalue weighted by atomic mass is 32.2. The standard InChI is InChI=1S/C42H52N2O6S2/c1-39(2,3)25-17-23(18-26(35(25)47)40(4,5)6)51-31-21-33(45)43(37(31)49)29-15-13-14-16-30(29)44-34(46)22-32(38(44)50)52-24-19-27(41(7,8)9)36(48)28(20-24)42(10,11)12/h13-22,45-50H,1-12H3. The van der Waals surface area contributed by atoms with Gasteiger partial charge in [-0.15, -0.1) is 0 Å². The second kappa shape index (κ2) is 13.3. The molecule has 2 aromatic heterocycles. The van der Waals surface area contributed by atoms with E-state index in [1.165, 1.54) is 44.8 Å². The topological polar surface area (TPSA) is 131 Å². The lowest BCUT2D eigenvalue weighted by Crippen LogP contribution is -2.17. The number of para-hydroxylation sites is 2. The number of rotatable bonds is 6. The number of aromatic nitrogens is 2. The van der Waals surface area contributed by atoms with Crippen molar-refractivity contribution in [2.75, 3.05) is 0 Å². The molecule has 0 aliphatic heterocycles. The second-order valence-electron chi connectivity index (χ2n) is 17.5.